The van der Waals surface area contributed by atoms with Crippen LogP contribution in [0.3, 0.4) is 0 Å². The summed E-state index contributed by atoms with van der Waals surface area (Å²) in [7, 11) is 0. The molecule has 4 heteroatoms. The molecule has 1 heterocycles. The Morgan fingerprint density at radius 1 is 1.47 bits per heavy atom. The fourth-order valence-corrected chi connectivity index (χ4v) is 2.63. The van der Waals surface area contributed by atoms with Crippen LogP contribution in [0, 0.1) is 6.92 Å². The Bertz CT molecular complexity index is 342. The van der Waals surface area contributed by atoms with E-state index in [2.05, 4.69) is 36.4 Å². The summed E-state index contributed by atoms with van der Waals surface area (Å²) in [5.41, 5.74) is 2.40. The predicted octanol–water partition coefficient (Wildman–Crippen LogP) is 2.86. The second-order valence-electron chi connectivity index (χ2n) is 3.45. The minimum absolute atomic E-state index is 0.00902. The molecule has 1 rings (SSSR count). The summed E-state index contributed by atoms with van der Waals surface area (Å²) in [6, 6.07) is 0. The Morgan fingerprint density at radius 3 is 2.53 bits per heavy atom. The van der Waals surface area contributed by atoms with Crippen molar-refractivity contribution in [2.45, 2.75) is 27.7 Å². The van der Waals surface area contributed by atoms with Crippen molar-refractivity contribution in [3.8, 4) is 0 Å². The maximum absolute atomic E-state index is 11.1. The number of amides is 1. The topological polar surface area (TPSA) is 32.3 Å². The van der Waals surface area contributed by atoms with Crippen LogP contribution in [-0.2, 0) is 4.79 Å². The number of nitrogens with zero attached hydrogens (tertiary/aromatic N) is 1. The lowest BCUT2D eigenvalue weighted by Crippen LogP contribution is -2.23. The van der Waals surface area contributed by atoms with Crippen molar-refractivity contribution in [3.63, 3.8) is 0 Å². The molecule has 0 saturated heterocycles. The number of aryl methyl sites for hydroxylation is 1. The molecular formula is C11H18N2OS. The third kappa shape index (κ3) is 2.72. The van der Waals surface area contributed by atoms with Crippen molar-refractivity contribution in [1.82, 2.24) is 0 Å². The van der Waals surface area contributed by atoms with Gasteiger partial charge in [0.15, 0.2) is 0 Å². The van der Waals surface area contributed by atoms with Crippen LogP contribution in [0.5, 0.6) is 0 Å². The first-order valence-corrected chi connectivity index (χ1v) is 6.08. The van der Waals surface area contributed by atoms with E-state index >= 15 is 0 Å². The summed E-state index contributed by atoms with van der Waals surface area (Å²) in [5, 5.41) is 5.93. The Kier molecular flexibility index (Phi) is 4.15. The van der Waals surface area contributed by atoms with E-state index in [4.69, 9.17) is 0 Å². The van der Waals surface area contributed by atoms with Crippen molar-refractivity contribution >= 4 is 27.9 Å². The van der Waals surface area contributed by atoms with Crippen LogP contribution in [-0.4, -0.2) is 19.0 Å². The van der Waals surface area contributed by atoms with Gasteiger partial charge in [0.2, 0.25) is 5.91 Å². The SMILES string of the molecule is CCN(CC)c1c(C)csc1NC(C)=O. The van der Waals surface area contributed by atoms with E-state index in [1.165, 1.54) is 11.3 Å². The van der Waals surface area contributed by atoms with Gasteiger partial charge < -0.3 is 10.2 Å². The summed E-state index contributed by atoms with van der Waals surface area (Å²) in [6.45, 7) is 9.79. The van der Waals surface area contributed by atoms with Crippen LogP contribution in [0.1, 0.15) is 26.3 Å². The molecule has 1 N–H and O–H groups in total. The van der Waals surface area contributed by atoms with Gasteiger partial charge in [-0.3, -0.25) is 4.79 Å². The third-order valence-electron chi connectivity index (χ3n) is 2.31. The summed E-state index contributed by atoms with van der Waals surface area (Å²) < 4.78 is 0. The quantitative estimate of drug-likeness (QED) is 0.856. The minimum atomic E-state index is -0.00902. The van der Waals surface area contributed by atoms with E-state index in [1.807, 2.05) is 0 Å². The Labute approximate surface area is 95.1 Å². The first-order valence-electron chi connectivity index (χ1n) is 5.20. The number of carbonyl (C=O) groups is 1. The molecule has 0 atom stereocenters. The molecule has 0 aliphatic rings. The smallest absolute Gasteiger partial charge is 0.221 e. The highest BCUT2D eigenvalue weighted by Gasteiger charge is 2.14. The van der Waals surface area contributed by atoms with Gasteiger partial charge in [-0.2, -0.15) is 0 Å². The molecule has 0 radical (unpaired) electrons. The van der Waals surface area contributed by atoms with Gasteiger partial charge in [0.1, 0.15) is 5.00 Å². The van der Waals surface area contributed by atoms with Gasteiger partial charge in [0, 0.05) is 20.0 Å². The Morgan fingerprint density at radius 2 is 2.07 bits per heavy atom. The first-order chi connectivity index (χ1) is 7.10. The van der Waals surface area contributed by atoms with E-state index in [-0.39, 0.29) is 5.91 Å². The average molecular weight is 226 g/mol. The van der Waals surface area contributed by atoms with Crippen LogP contribution in [0.2, 0.25) is 0 Å². The second-order valence-corrected chi connectivity index (χ2v) is 4.33. The fraction of sp³-hybridized carbons (Fsp3) is 0.545. The number of hydrogen-bond acceptors (Lipinski definition) is 3. The van der Waals surface area contributed by atoms with Gasteiger partial charge in [-0.1, -0.05) is 0 Å². The molecule has 1 amide bonds. The third-order valence-corrected chi connectivity index (χ3v) is 3.31. The zero-order valence-corrected chi connectivity index (χ0v) is 10.6. The molecule has 0 unspecified atom stereocenters. The van der Waals surface area contributed by atoms with Crippen molar-refractivity contribution in [1.29, 1.82) is 0 Å². The number of hydrogen-bond donors (Lipinski definition) is 1. The molecular weight excluding hydrogens is 208 g/mol. The van der Waals surface area contributed by atoms with Crippen LogP contribution < -0.4 is 10.2 Å². The molecule has 0 aliphatic heterocycles. The summed E-state index contributed by atoms with van der Waals surface area (Å²) in [5.74, 6) is -0.00902. The number of anilines is 2. The minimum Gasteiger partial charge on any atom is -0.369 e. The van der Waals surface area contributed by atoms with E-state index in [1.54, 1.807) is 18.3 Å². The van der Waals surface area contributed by atoms with Crippen LogP contribution in [0.4, 0.5) is 10.7 Å². The number of carbonyl (C=O) groups excluding carboxylic acids is 1. The summed E-state index contributed by atoms with van der Waals surface area (Å²) >= 11 is 1.59. The van der Waals surface area contributed by atoms with E-state index in [9.17, 15) is 4.79 Å². The fourth-order valence-electron chi connectivity index (χ4n) is 1.62. The lowest BCUT2D eigenvalue weighted by atomic mass is 10.2. The van der Waals surface area contributed by atoms with E-state index in [0.29, 0.717) is 0 Å². The molecule has 84 valence electrons. The molecule has 0 aliphatic carbocycles. The van der Waals surface area contributed by atoms with E-state index < -0.39 is 0 Å². The maximum Gasteiger partial charge on any atom is 0.221 e. The molecule has 3 nitrogen and oxygen atoms in total. The standard InChI is InChI=1S/C11H18N2OS/c1-5-13(6-2)10-8(3)7-15-11(10)12-9(4)14/h7H,5-6H2,1-4H3,(H,12,14). The highest BCUT2D eigenvalue weighted by molar-refractivity contribution is 7.15. The highest BCUT2D eigenvalue weighted by Crippen LogP contribution is 2.36. The number of rotatable bonds is 4. The second kappa shape index (κ2) is 5.16. The normalized spacial score (nSPS) is 10.1. The van der Waals surface area contributed by atoms with Gasteiger partial charge >= 0.3 is 0 Å². The molecule has 0 fully saturated rings. The predicted molar refractivity (Wildman–Crippen MR) is 66.9 cm³/mol. The van der Waals surface area contributed by atoms with Crippen LogP contribution in [0.15, 0.2) is 5.38 Å². The summed E-state index contributed by atoms with van der Waals surface area (Å²) in [6.07, 6.45) is 0. The van der Waals surface area contributed by atoms with Gasteiger partial charge in [0.05, 0.1) is 5.69 Å². The zero-order chi connectivity index (χ0) is 11.4. The van der Waals surface area contributed by atoms with Crippen molar-refractivity contribution in [2.24, 2.45) is 0 Å². The first kappa shape index (κ1) is 12.0. The lowest BCUT2D eigenvalue weighted by Gasteiger charge is -2.22. The highest BCUT2D eigenvalue weighted by atomic mass is 32.1. The maximum atomic E-state index is 11.1. The molecule has 15 heavy (non-hydrogen) atoms. The van der Waals surface area contributed by atoms with Gasteiger partial charge in [0.25, 0.3) is 0 Å². The monoisotopic (exact) mass is 226 g/mol. The van der Waals surface area contributed by atoms with Gasteiger partial charge in [-0.05, 0) is 31.7 Å². The van der Waals surface area contributed by atoms with Crippen LogP contribution >= 0.6 is 11.3 Å². The number of thiophene rings is 1. The zero-order valence-electron chi connectivity index (χ0n) is 9.76. The molecule has 0 aromatic carbocycles. The lowest BCUT2D eigenvalue weighted by molar-refractivity contribution is -0.114. The van der Waals surface area contributed by atoms with Gasteiger partial charge in [-0.15, -0.1) is 11.3 Å². The Hall–Kier alpha value is -1.03. The largest absolute Gasteiger partial charge is 0.369 e. The average Bonchev–Trinajstić information content (AvgIpc) is 2.51. The van der Waals surface area contributed by atoms with E-state index in [0.717, 1.165) is 18.1 Å². The molecule has 1 aromatic heterocycles. The van der Waals surface area contributed by atoms with Crippen molar-refractivity contribution in [2.75, 3.05) is 23.3 Å². The molecule has 1 aromatic rings. The van der Waals surface area contributed by atoms with Crippen LogP contribution in [0.25, 0.3) is 0 Å². The Balaban J connectivity index is 3.02. The summed E-state index contributed by atoms with van der Waals surface area (Å²) in [4.78, 5) is 13.3. The van der Waals surface area contributed by atoms with Crippen molar-refractivity contribution < 1.29 is 4.79 Å². The van der Waals surface area contributed by atoms with Gasteiger partial charge in [-0.25, -0.2) is 0 Å². The molecule has 0 bridgehead atoms. The number of nitrogens with one attached hydrogen (secondary N) is 1. The molecule has 0 saturated carbocycles. The van der Waals surface area contributed by atoms with Crippen molar-refractivity contribution in [3.05, 3.63) is 10.9 Å². The molecule has 0 spiro atoms.